The molecule has 0 aliphatic carbocycles. The smallest absolute Gasteiger partial charge is 0.410 e. The van der Waals surface area contributed by atoms with E-state index in [9.17, 15) is 19.2 Å². The zero-order valence-electron chi connectivity index (χ0n) is 18.7. The van der Waals surface area contributed by atoms with Gasteiger partial charge >= 0.3 is 12.1 Å². The van der Waals surface area contributed by atoms with E-state index >= 15 is 0 Å². The zero-order chi connectivity index (χ0) is 25.1. The van der Waals surface area contributed by atoms with E-state index in [-0.39, 0.29) is 61.6 Å². The standard InChI is InChI=1S/C24H28N2O7S/c1-4-9-31-20-8-7-17(14-18(20)23(29)32-10-5-2)25-22(28)19-12-16(13-21(27)34)15-26(19)24(30)33-11-6-3/h4-8,14,16,19H,1-3,9-13,15H2,(H,25,28)(H,27,34)/t16-,19-/m0/s1. The number of hydrogen-bond donors (Lipinski definition) is 2. The molecule has 1 fully saturated rings. The predicted octanol–water partition coefficient (Wildman–Crippen LogP) is 3.39. The molecular weight excluding hydrogens is 460 g/mol. The Labute approximate surface area is 203 Å². The van der Waals surface area contributed by atoms with Gasteiger partial charge in [0, 0.05) is 18.7 Å². The van der Waals surface area contributed by atoms with Gasteiger partial charge in [0.1, 0.15) is 37.2 Å². The fraction of sp³-hybridized carbons (Fsp3) is 0.333. The van der Waals surface area contributed by atoms with Crippen molar-refractivity contribution in [3.8, 4) is 5.75 Å². The lowest BCUT2D eigenvalue weighted by molar-refractivity contribution is -0.120. The molecule has 1 aliphatic heterocycles. The first kappa shape index (κ1) is 26.7. The van der Waals surface area contributed by atoms with Crippen LogP contribution in [0.4, 0.5) is 10.5 Å². The molecular formula is C24H28N2O7S. The first-order valence-electron chi connectivity index (χ1n) is 10.5. The molecule has 2 rings (SSSR count). The van der Waals surface area contributed by atoms with Crippen LogP contribution in [0.25, 0.3) is 0 Å². The van der Waals surface area contributed by atoms with Gasteiger partial charge in [-0.2, -0.15) is 0 Å². The van der Waals surface area contributed by atoms with Crippen LogP contribution < -0.4 is 10.1 Å². The van der Waals surface area contributed by atoms with Gasteiger partial charge in [-0.05, 0) is 30.5 Å². The highest BCUT2D eigenvalue weighted by atomic mass is 32.1. The molecule has 9 nitrogen and oxygen atoms in total. The van der Waals surface area contributed by atoms with Gasteiger partial charge in [-0.3, -0.25) is 14.5 Å². The fourth-order valence-electron chi connectivity index (χ4n) is 3.46. The summed E-state index contributed by atoms with van der Waals surface area (Å²) in [4.78, 5) is 50.7. The number of carbonyl (C=O) groups is 4. The van der Waals surface area contributed by atoms with E-state index in [2.05, 4.69) is 37.7 Å². The maximum atomic E-state index is 13.1. The summed E-state index contributed by atoms with van der Waals surface area (Å²) in [6.07, 6.45) is 4.07. The number of amides is 2. The third-order valence-electron chi connectivity index (χ3n) is 4.87. The Bertz CT molecular complexity index is 963. The Balaban J connectivity index is 2.24. The minimum atomic E-state index is -0.872. The van der Waals surface area contributed by atoms with Crippen LogP contribution >= 0.6 is 12.6 Å². The summed E-state index contributed by atoms with van der Waals surface area (Å²) in [6.45, 7) is 10.9. The van der Waals surface area contributed by atoms with Gasteiger partial charge in [0.25, 0.3) is 0 Å². The molecule has 0 aromatic heterocycles. The summed E-state index contributed by atoms with van der Waals surface area (Å²) in [5.41, 5.74) is 0.406. The molecule has 10 heteroatoms. The number of rotatable bonds is 12. The van der Waals surface area contributed by atoms with Crippen molar-refractivity contribution in [2.75, 3.05) is 31.7 Å². The minimum Gasteiger partial charge on any atom is -0.489 e. The number of benzene rings is 1. The van der Waals surface area contributed by atoms with Crippen LogP contribution in [0.1, 0.15) is 23.2 Å². The van der Waals surface area contributed by atoms with E-state index in [0.29, 0.717) is 5.69 Å². The van der Waals surface area contributed by atoms with E-state index < -0.39 is 24.0 Å². The topological polar surface area (TPSA) is 111 Å². The van der Waals surface area contributed by atoms with Crippen molar-refractivity contribution in [2.24, 2.45) is 5.92 Å². The largest absolute Gasteiger partial charge is 0.489 e. The number of hydrogen-bond acceptors (Lipinski definition) is 7. The lowest BCUT2D eigenvalue weighted by Gasteiger charge is -2.23. The number of nitrogens with zero attached hydrogens (tertiary/aromatic N) is 1. The van der Waals surface area contributed by atoms with Crippen LogP contribution in [0.5, 0.6) is 5.75 Å². The zero-order valence-corrected chi connectivity index (χ0v) is 19.6. The first-order valence-corrected chi connectivity index (χ1v) is 11.0. The van der Waals surface area contributed by atoms with Gasteiger partial charge in [-0.1, -0.05) is 38.0 Å². The van der Waals surface area contributed by atoms with E-state index in [4.69, 9.17) is 14.2 Å². The molecule has 2 amide bonds. The number of likely N-dealkylation sites (tertiary alicyclic amines) is 1. The average molecular weight is 489 g/mol. The van der Waals surface area contributed by atoms with Crippen LogP contribution in [0.2, 0.25) is 0 Å². The highest BCUT2D eigenvalue weighted by Crippen LogP contribution is 2.29. The number of carbonyl (C=O) groups excluding carboxylic acids is 4. The number of ether oxygens (including phenoxy) is 3. The second kappa shape index (κ2) is 13.2. The number of thiol groups is 1. The van der Waals surface area contributed by atoms with Crippen LogP contribution in [0, 0.1) is 5.92 Å². The highest BCUT2D eigenvalue weighted by Gasteiger charge is 2.41. The van der Waals surface area contributed by atoms with Gasteiger partial charge in [0.2, 0.25) is 5.91 Å². The van der Waals surface area contributed by atoms with Crippen LogP contribution in [0.15, 0.2) is 56.2 Å². The summed E-state index contributed by atoms with van der Waals surface area (Å²) < 4.78 is 15.7. The van der Waals surface area contributed by atoms with Crippen LogP contribution in [0.3, 0.4) is 0 Å². The van der Waals surface area contributed by atoms with Crippen LogP contribution in [-0.4, -0.2) is 60.4 Å². The molecule has 1 aliphatic rings. The Kier molecular flexibility index (Phi) is 10.4. The molecule has 0 unspecified atom stereocenters. The number of nitrogens with one attached hydrogen (secondary N) is 1. The second-order valence-electron chi connectivity index (χ2n) is 7.42. The molecule has 1 saturated heterocycles. The minimum absolute atomic E-state index is 0.00538. The number of esters is 1. The van der Waals surface area contributed by atoms with Crippen molar-refractivity contribution < 1.29 is 33.4 Å². The lowest BCUT2D eigenvalue weighted by Crippen LogP contribution is -2.43. The molecule has 0 saturated carbocycles. The maximum Gasteiger partial charge on any atom is 0.410 e. The Morgan fingerprint density at radius 3 is 2.38 bits per heavy atom. The molecule has 0 spiro atoms. The maximum absolute atomic E-state index is 13.1. The fourth-order valence-corrected chi connectivity index (χ4v) is 3.72. The van der Waals surface area contributed by atoms with Gasteiger partial charge in [-0.25, -0.2) is 9.59 Å². The third-order valence-corrected chi connectivity index (χ3v) is 5.05. The molecule has 0 bridgehead atoms. The first-order chi connectivity index (χ1) is 16.3. The van der Waals surface area contributed by atoms with Crippen molar-refractivity contribution in [1.82, 2.24) is 4.90 Å². The van der Waals surface area contributed by atoms with Crippen molar-refractivity contribution in [2.45, 2.75) is 18.9 Å². The molecule has 1 aromatic rings. The van der Waals surface area contributed by atoms with Crippen molar-refractivity contribution >= 4 is 41.4 Å². The summed E-state index contributed by atoms with van der Waals surface area (Å²) in [5, 5.41) is 2.39. The van der Waals surface area contributed by atoms with E-state index in [0.717, 1.165) is 0 Å². The SMILES string of the molecule is C=CCOC(=O)c1cc(NC(=O)[C@@H]2C[C@@H](CC(=O)S)CN2C(=O)OCC=C)ccc1OCC=C. The lowest BCUT2D eigenvalue weighted by atomic mass is 10.0. The van der Waals surface area contributed by atoms with Crippen molar-refractivity contribution in [3.05, 3.63) is 61.7 Å². The Morgan fingerprint density at radius 1 is 1.06 bits per heavy atom. The van der Waals surface area contributed by atoms with Gasteiger partial charge in [0.15, 0.2) is 5.12 Å². The monoisotopic (exact) mass is 488 g/mol. The predicted molar refractivity (Wildman–Crippen MR) is 130 cm³/mol. The molecule has 1 N–H and O–H groups in total. The van der Waals surface area contributed by atoms with Crippen LogP contribution in [-0.2, 0) is 19.1 Å². The molecule has 1 heterocycles. The Hall–Kier alpha value is -3.53. The van der Waals surface area contributed by atoms with Gasteiger partial charge in [0.05, 0.1) is 0 Å². The Morgan fingerprint density at radius 2 is 1.74 bits per heavy atom. The van der Waals surface area contributed by atoms with Gasteiger partial charge < -0.3 is 19.5 Å². The summed E-state index contributed by atoms with van der Waals surface area (Å²) in [7, 11) is 0. The van der Waals surface area contributed by atoms with E-state index in [1.807, 2.05) is 0 Å². The average Bonchev–Trinajstić information content (AvgIpc) is 3.23. The molecule has 1 aromatic carbocycles. The molecule has 34 heavy (non-hydrogen) atoms. The second-order valence-corrected chi connectivity index (χ2v) is 7.92. The van der Waals surface area contributed by atoms with Gasteiger partial charge in [-0.15, -0.1) is 12.6 Å². The normalized spacial score (nSPS) is 16.8. The number of anilines is 1. The molecule has 2 atom stereocenters. The molecule has 182 valence electrons. The van der Waals surface area contributed by atoms with E-state index in [1.54, 1.807) is 6.07 Å². The summed E-state index contributed by atoms with van der Waals surface area (Å²) in [6, 6.07) is 3.63. The van der Waals surface area contributed by atoms with E-state index in [1.165, 1.54) is 35.3 Å². The highest BCUT2D eigenvalue weighted by molar-refractivity contribution is 7.96. The summed E-state index contributed by atoms with van der Waals surface area (Å²) >= 11 is 3.81. The summed E-state index contributed by atoms with van der Waals surface area (Å²) in [5.74, 6) is -1.13. The molecule has 0 radical (unpaired) electrons. The quantitative estimate of drug-likeness (QED) is 0.264. The van der Waals surface area contributed by atoms with Crippen molar-refractivity contribution in [1.29, 1.82) is 0 Å². The van der Waals surface area contributed by atoms with Crippen molar-refractivity contribution in [3.63, 3.8) is 0 Å². The third kappa shape index (κ3) is 7.51.